The summed E-state index contributed by atoms with van der Waals surface area (Å²) in [5.74, 6) is 2.51. The van der Waals surface area contributed by atoms with Gasteiger partial charge in [-0.25, -0.2) is 0 Å². The molecule has 3 aliphatic rings. The fourth-order valence-corrected chi connectivity index (χ4v) is 4.05. The molecule has 96 valence electrons. The highest BCUT2D eigenvalue weighted by Crippen LogP contribution is 2.43. The molecule has 3 nitrogen and oxygen atoms in total. The van der Waals surface area contributed by atoms with E-state index in [4.69, 9.17) is 5.73 Å². The monoisotopic (exact) mass is 236 g/mol. The molecule has 0 aromatic rings. The van der Waals surface area contributed by atoms with Crippen LogP contribution < -0.4 is 5.73 Å². The summed E-state index contributed by atoms with van der Waals surface area (Å²) in [5, 5.41) is 0. The van der Waals surface area contributed by atoms with E-state index in [0.717, 1.165) is 37.8 Å². The first-order chi connectivity index (χ1) is 8.24. The van der Waals surface area contributed by atoms with Gasteiger partial charge in [0.15, 0.2) is 0 Å². The van der Waals surface area contributed by atoms with Crippen molar-refractivity contribution in [2.24, 2.45) is 23.5 Å². The average molecular weight is 236 g/mol. The number of carbonyl (C=O) groups is 1. The lowest BCUT2D eigenvalue weighted by molar-refractivity contribution is -0.142. The van der Waals surface area contributed by atoms with Crippen molar-refractivity contribution in [1.82, 2.24) is 4.90 Å². The van der Waals surface area contributed by atoms with Gasteiger partial charge in [0.1, 0.15) is 0 Å². The van der Waals surface area contributed by atoms with Gasteiger partial charge in [0.05, 0.1) is 0 Å². The Kier molecular flexibility index (Phi) is 3.12. The average Bonchev–Trinajstić information content (AvgIpc) is 2.33. The zero-order valence-corrected chi connectivity index (χ0v) is 10.6. The summed E-state index contributed by atoms with van der Waals surface area (Å²) in [6.07, 6.45) is 9.17. The Balaban J connectivity index is 1.56. The number of likely N-dealkylation sites (tertiary alicyclic amines) is 1. The van der Waals surface area contributed by atoms with Crippen molar-refractivity contribution in [3.63, 3.8) is 0 Å². The Labute approximate surface area is 104 Å². The van der Waals surface area contributed by atoms with E-state index in [2.05, 4.69) is 0 Å². The second kappa shape index (κ2) is 4.60. The predicted molar refractivity (Wildman–Crippen MR) is 67.3 cm³/mol. The van der Waals surface area contributed by atoms with Gasteiger partial charge in [-0.3, -0.25) is 4.79 Å². The van der Waals surface area contributed by atoms with Gasteiger partial charge >= 0.3 is 0 Å². The van der Waals surface area contributed by atoms with Gasteiger partial charge in [-0.2, -0.15) is 0 Å². The second-order valence-corrected chi connectivity index (χ2v) is 6.32. The lowest BCUT2D eigenvalue weighted by Gasteiger charge is -2.43. The van der Waals surface area contributed by atoms with E-state index >= 15 is 0 Å². The van der Waals surface area contributed by atoms with Gasteiger partial charge < -0.3 is 10.6 Å². The third-order valence-corrected chi connectivity index (χ3v) is 5.11. The molecule has 3 unspecified atom stereocenters. The molecule has 0 spiro atoms. The first-order valence-corrected chi connectivity index (χ1v) is 7.28. The lowest BCUT2D eigenvalue weighted by atomic mass is 9.67. The number of hydrogen-bond donors (Lipinski definition) is 1. The maximum Gasteiger partial charge on any atom is 0.225 e. The van der Waals surface area contributed by atoms with E-state index in [-0.39, 0.29) is 6.04 Å². The second-order valence-electron chi connectivity index (χ2n) is 6.32. The van der Waals surface area contributed by atoms with Crippen LogP contribution in [0.4, 0.5) is 0 Å². The highest BCUT2D eigenvalue weighted by atomic mass is 16.2. The molecule has 3 heteroatoms. The van der Waals surface area contributed by atoms with E-state index in [1.54, 1.807) is 0 Å². The van der Waals surface area contributed by atoms with E-state index in [0.29, 0.717) is 11.8 Å². The molecule has 3 rings (SSSR count). The third-order valence-electron chi connectivity index (χ3n) is 5.11. The molecule has 3 atom stereocenters. The largest absolute Gasteiger partial charge is 0.339 e. The molecule has 2 aliphatic carbocycles. The van der Waals surface area contributed by atoms with Crippen molar-refractivity contribution in [1.29, 1.82) is 0 Å². The summed E-state index contributed by atoms with van der Waals surface area (Å²) in [5.41, 5.74) is 5.75. The minimum absolute atomic E-state index is 0.241. The van der Waals surface area contributed by atoms with Crippen LogP contribution in [0.25, 0.3) is 0 Å². The molecule has 0 bridgehead atoms. The van der Waals surface area contributed by atoms with Crippen LogP contribution in [0.5, 0.6) is 0 Å². The summed E-state index contributed by atoms with van der Waals surface area (Å²) in [4.78, 5) is 14.2. The van der Waals surface area contributed by atoms with Crippen LogP contribution in [-0.4, -0.2) is 29.9 Å². The minimum Gasteiger partial charge on any atom is -0.339 e. The van der Waals surface area contributed by atoms with Crippen molar-refractivity contribution in [2.75, 3.05) is 13.1 Å². The standard InChI is InChI=1S/C14H24N2O/c15-13-8-16(9-13)14(17)12-6-5-10-3-1-2-4-11(10)7-12/h10-13H,1-9,15H2. The van der Waals surface area contributed by atoms with Crippen molar-refractivity contribution < 1.29 is 4.79 Å². The van der Waals surface area contributed by atoms with Gasteiger partial charge in [0.25, 0.3) is 0 Å². The Hall–Kier alpha value is -0.570. The van der Waals surface area contributed by atoms with Crippen LogP contribution in [-0.2, 0) is 4.79 Å². The number of rotatable bonds is 1. The molecule has 2 N–H and O–H groups in total. The van der Waals surface area contributed by atoms with Crippen molar-refractivity contribution in [2.45, 2.75) is 51.0 Å². The molecule has 1 heterocycles. The van der Waals surface area contributed by atoms with Crippen molar-refractivity contribution in [3.8, 4) is 0 Å². The number of carbonyl (C=O) groups excluding carboxylic acids is 1. The topological polar surface area (TPSA) is 46.3 Å². The molecule has 3 fully saturated rings. The maximum atomic E-state index is 12.3. The fraction of sp³-hybridized carbons (Fsp3) is 0.929. The highest BCUT2D eigenvalue weighted by Gasteiger charge is 2.38. The molecular weight excluding hydrogens is 212 g/mol. The molecular formula is C14H24N2O. The van der Waals surface area contributed by atoms with E-state index in [1.165, 1.54) is 32.1 Å². The van der Waals surface area contributed by atoms with Crippen molar-refractivity contribution >= 4 is 5.91 Å². The van der Waals surface area contributed by atoms with Crippen LogP contribution in [0.1, 0.15) is 44.9 Å². The van der Waals surface area contributed by atoms with Gasteiger partial charge in [-0.15, -0.1) is 0 Å². The molecule has 0 aromatic carbocycles. The molecule has 1 saturated heterocycles. The van der Waals surface area contributed by atoms with Crippen LogP contribution >= 0.6 is 0 Å². The highest BCUT2D eigenvalue weighted by molar-refractivity contribution is 5.79. The Morgan fingerprint density at radius 1 is 1.00 bits per heavy atom. The third kappa shape index (κ3) is 2.22. The van der Waals surface area contributed by atoms with Gasteiger partial charge in [-0.1, -0.05) is 25.7 Å². The van der Waals surface area contributed by atoms with Gasteiger partial charge in [0, 0.05) is 25.0 Å². The number of hydrogen-bond acceptors (Lipinski definition) is 2. The Morgan fingerprint density at radius 2 is 1.71 bits per heavy atom. The SMILES string of the molecule is NC1CN(C(=O)C2CCC3CCCCC3C2)C1. The van der Waals surface area contributed by atoms with Gasteiger partial charge in [0.2, 0.25) is 5.91 Å². The smallest absolute Gasteiger partial charge is 0.225 e. The molecule has 2 saturated carbocycles. The summed E-state index contributed by atoms with van der Waals surface area (Å²) < 4.78 is 0. The fourth-order valence-electron chi connectivity index (χ4n) is 4.05. The van der Waals surface area contributed by atoms with Crippen LogP contribution in [0.2, 0.25) is 0 Å². The van der Waals surface area contributed by atoms with Crippen LogP contribution in [0.3, 0.4) is 0 Å². The Bertz CT molecular complexity index is 299. The number of nitrogens with two attached hydrogens (primary N) is 1. The summed E-state index contributed by atoms with van der Waals surface area (Å²) in [6.45, 7) is 1.59. The molecule has 17 heavy (non-hydrogen) atoms. The zero-order valence-electron chi connectivity index (χ0n) is 10.6. The normalized spacial score (nSPS) is 38.4. The summed E-state index contributed by atoms with van der Waals surface area (Å²) in [7, 11) is 0. The molecule has 1 aliphatic heterocycles. The Morgan fingerprint density at radius 3 is 2.41 bits per heavy atom. The molecule has 0 radical (unpaired) electrons. The van der Waals surface area contributed by atoms with Crippen LogP contribution in [0.15, 0.2) is 0 Å². The maximum absolute atomic E-state index is 12.3. The van der Waals surface area contributed by atoms with E-state index in [1.807, 2.05) is 4.90 Å². The van der Waals surface area contributed by atoms with E-state index < -0.39 is 0 Å². The predicted octanol–water partition coefficient (Wildman–Crippen LogP) is 1.76. The van der Waals surface area contributed by atoms with E-state index in [9.17, 15) is 4.79 Å². The molecule has 1 amide bonds. The number of amides is 1. The van der Waals surface area contributed by atoms with Gasteiger partial charge in [-0.05, 0) is 31.1 Å². The first-order valence-electron chi connectivity index (χ1n) is 7.28. The number of nitrogens with zero attached hydrogens (tertiary/aromatic N) is 1. The zero-order chi connectivity index (χ0) is 11.8. The van der Waals surface area contributed by atoms with Crippen LogP contribution in [0, 0.1) is 17.8 Å². The lowest BCUT2D eigenvalue weighted by Crippen LogP contribution is -2.59. The first kappa shape index (κ1) is 11.5. The minimum atomic E-state index is 0.241. The number of fused-ring (bicyclic) bond motifs is 1. The summed E-state index contributed by atoms with van der Waals surface area (Å²) >= 11 is 0. The quantitative estimate of drug-likeness (QED) is 0.754. The molecule has 0 aromatic heterocycles. The summed E-state index contributed by atoms with van der Waals surface area (Å²) in [6, 6.07) is 0.241. The van der Waals surface area contributed by atoms with Crippen molar-refractivity contribution in [3.05, 3.63) is 0 Å².